The normalized spacial score (nSPS) is 12.2. The number of quaternary nitrogens is 1. The number of rotatable bonds is 7. The van der Waals surface area contributed by atoms with Crippen LogP contribution in [0.25, 0.3) is 10.9 Å². The van der Waals surface area contributed by atoms with Crippen LogP contribution in [-0.2, 0) is 57.7 Å². The van der Waals surface area contributed by atoms with Crippen LogP contribution < -0.4 is 22.8 Å². The second kappa shape index (κ2) is 28.6. The van der Waals surface area contributed by atoms with Crippen molar-refractivity contribution in [2.24, 2.45) is 35.2 Å². The number of pyridine rings is 5. The van der Waals surface area contributed by atoms with Gasteiger partial charge < -0.3 is 24.0 Å². The van der Waals surface area contributed by atoms with Crippen molar-refractivity contribution in [3.8, 4) is 5.75 Å². The molecule has 348 valence electrons. The lowest BCUT2D eigenvalue weighted by atomic mass is 9.93. The number of halogens is 3. The fourth-order valence-electron chi connectivity index (χ4n) is 6.57. The molecule has 8 rings (SSSR count). The zero-order valence-corrected chi connectivity index (χ0v) is 41.6. The summed E-state index contributed by atoms with van der Waals surface area (Å²) in [5, 5.41) is 11.5. The van der Waals surface area contributed by atoms with Crippen LogP contribution in [0.2, 0.25) is 10.0 Å². The first-order valence-corrected chi connectivity index (χ1v) is 22.6. The van der Waals surface area contributed by atoms with E-state index in [0.29, 0.717) is 11.1 Å². The minimum Gasteiger partial charge on any atom is -0.503 e. The van der Waals surface area contributed by atoms with Gasteiger partial charge in [0.05, 0.1) is 40.3 Å². The Bertz CT molecular complexity index is 2290. The first-order chi connectivity index (χ1) is 30.9. The highest BCUT2D eigenvalue weighted by atomic mass is 35.5. The molecule has 13 heteroatoms. The fourth-order valence-corrected chi connectivity index (χ4v) is 7.06. The van der Waals surface area contributed by atoms with Crippen LogP contribution in [0.15, 0.2) is 147 Å². The molecule has 0 aliphatic carbocycles. The molecule has 0 unspecified atom stereocenters. The van der Waals surface area contributed by atoms with E-state index in [2.05, 4.69) is 129 Å². The maximum atomic E-state index is 12.1. The van der Waals surface area contributed by atoms with E-state index in [1.165, 1.54) is 58.9 Å². The quantitative estimate of drug-likeness (QED) is 0.126. The lowest BCUT2D eigenvalue weighted by molar-refractivity contribution is -0.883. The number of aryl methyl sites for hydroxylation is 5. The predicted octanol–water partition coefficient (Wildman–Crippen LogP) is 7.94. The third-order valence-corrected chi connectivity index (χ3v) is 10.2. The minimum atomic E-state index is -0.199. The molecule has 0 radical (unpaired) electrons. The van der Waals surface area contributed by atoms with Gasteiger partial charge in [0.2, 0.25) is 12.4 Å². The third kappa shape index (κ3) is 22.9. The summed E-state index contributed by atoms with van der Waals surface area (Å²) >= 11 is 11.2. The summed E-state index contributed by atoms with van der Waals surface area (Å²) in [6.45, 7) is 7.83. The molecule has 0 atom stereocenters. The maximum absolute atomic E-state index is 12.1. The van der Waals surface area contributed by atoms with Gasteiger partial charge >= 0.3 is 0 Å². The number of nitrogens with one attached hydrogen (secondary N) is 1. The van der Waals surface area contributed by atoms with Crippen LogP contribution in [0.4, 0.5) is 4.39 Å². The van der Waals surface area contributed by atoms with E-state index in [4.69, 9.17) is 37.8 Å². The Morgan fingerprint density at radius 2 is 1.37 bits per heavy atom. The molecule has 6 aromatic heterocycles. The van der Waals surface area contributed by atoms with Gasteiger partial charge in [-0.2, -0.15) is 0 Å². The van der Waals surface area contributed by atoms with Crippen molar-refractivity contribution in [1.29, 1.82) is 0 Å². The predicted molar refractivity (Wildman–Crippen MR) is 257 cm³/mol. The number of para-hydroxylation sites is 1. The van der Waals surface area contributed by atoms with E-state index in [-0.39, 0.29) is 11.6 Å². The topological polar surface area (TPSA) is 73.9 Å². The molecule has 0 spiro atoms. The molecule has 0 saturated carbocycles. The van der Waals surface area contributed by atoms with Crippen LogP contribution >= 0.6 is 23.2 Å². The average Bonchev–Trinajstić information content (AvgIpc) is 3.64. The van der Waals surface area contributed by atoms with Crippen LogP contribution in [0.3, 0.4) is 0 Å². The second-order valence-electron chi connectivity index (χ2n) is 17.2. The Balaban J connectivity index is 0.000000210. The maximum Gasteiger partial charge on any atom is 0.210 e. The van der Waals surface area contributed by atoms with Crippen molar-refractivity contribution in [2.75, 3.05) is 41.0 Å². The molecule has 65 heavy (non-hydrogen) atoms. The fraction of sp³-hybridized carbons (Fsp3) is 0.365. The Labute approximate surface area is 396 Å². The molecular formula is C52H72Cl2FN7O3+6. The highest BCUT2D eigenvalue weighted by molar-refractivity contribution is 6.30. The number of H-pyrrole nitrogens is 1. The Kier molecular flexibility index (Phi) is 23.8. The standard InChI is InChI=1S/C12H17N2.C11H16NO.C11H18NO.C6H6ClNO.C6H7ClN.C6H7FN/c1-14(2,3)9-10-8-13-12-7-5-4-6-11(10)12;1-12-6-2-10(3-7-12)11-4-8-13-9-5-11;1-10(2)13-9-7-11-6-4-5-8-12(11)3;1-8-3-5(7)2-6(9)4-8;2*1-8-4-2-3-6(7)5-8/h4-8,13H,9H2,1-3H3;2-3,6-7,11H,4-5,8-9H2,1H3;4-6,8,10H,7,9H2,1-3H3;2-4H,1H3;2*2-5H,1H3/q3*+1;;2*+1/p+1. The molecule has 1 saturated heterocycles. The molecular weight excluding hydrogens is 861 g/mol. The van der Waals surface area contributed by atoms with E-state index < -0.39 is 0 Å². The third-order valence-electron chi connectivity index (χ3n) is 9.74. The van der Waals surface area contributed by atoms with Crippen LogP contribution in [0, 0.1) is 5.82 Å². The van der Waals surface area contributed by atoms with Crippen LogP contribution in [0.5, 0.6) is 5.75 Å². The molecule has 1 fully saturated rings. The Morgan fingerprint density at radius 3 is 1.91 bits per heavy atom. The zero-order valence-electron chi connectivity index (χ0n) is 40.0. The molecule has 7 heterocycles. The van der Waals surface area contributed by atoms with Crippen molar-refractivity contribution < 1.29 is 46.3 Å². The molecule has 7 aromatic rings. The molecule has 1 aliphatic heterocycles. The monoisotopic (exact) mass is 932 g/mol. The van der Waals surface area contributed by atoms with E-state index in [1.807, 2.05) is 49.3 Å². The number of hydrogen-bond donors (Lipinski definition) is 2. The van der Waals surface area contributed by atoms with Crippen molar-refractivity contribution in [2.45, 2.75) is 51.7 Å². The van der Waals surface area contributed by atoms with E-state index in [0.717, 1.165) is 48.2 Å². The summed E-state index contributed by atoms with van der Waals surface area (Å²) < 4.78 is 33.4. The SMILES string of the molecule is CC(C)OCCc1cccc[n+]1C.C[N+](C)(C)Cc1c[nH]c2ccccc12.C[n+]1cc(O)cc(Cl)c1.C[n+]1ccc(C2CCOCC2)cc1.C[n+]1cccc(Cl)c1.C[n+]1cccc(F)c1. The van der Waals surface area contributed by atoms with Crippen molar-refractivity contribution in [3.05, 3.63) is 180 Å². The summed E-state index contributed by atoms with van der Waals surface area (Å²) in [5.74, 6) is 0.704. The molecule has 1 aromatic carbocycles. The van der Waals surface area contributed by atoms with Crippen molar-refractivity contribution >= 4 is 34.1 Å². The minimum absolute atomic E-state index is 0.185. The molecule has 2 N–H and O–H groups in total. The average molecular weight is 933 g/mol. The highest BCUT2D eigenvalue weighted by Gasteiger charge is 2.16. The van der Waals surface area contributed by atoms with Crippen LogP contribution in [0.1, 0.15) is 49.4 Å². The van der Waals surface area contributed by atoms with E-state index >= 15 is 0 Å². The second-order valence-corrected chi connectivity index (χ2v) is 18.1. The number of ether oxygens (including phenoxy) is 2. The summed E-state index contributed by atoms with van der Waals surface area (Å²) in [6.07, 6.45) is 22.3. The number of nitrogens with zero attached hydrogens (tertiary/aromatic N) is 6. The first-order valence-electron chi connectivity index (χ1n) is 21.9. The largest absolute Gasteiger partial charge is 0.503 e. The summed E-state index contributed by atoms with van der Waals surface area (Å²) in [4.78, 5) is 3.30. The number of benzene rings is 1. The van der Waals surface area contributed by atoms with Gasteiger partial charge in [-0.15, -0.1) is 0 Å². The molecule has 0 bridgehead atoms. The van der Waals surface area contributed by atoms with Crippen molar-refractivity contribution in [1.82, 2.24) is 4.98 Å². The number of fused-ring (bicyclic) bond motifs is 1. The lowest BCUT2D eigenvalue weighted by Crippen LogP contribution is -2.33. The van der Waals surface area contributed by atoms with Gasteiger partial charge in [-0.05, 0) is 56.4 Å². The van der Waals surface area contributed by atoms with Gasteiger partial charge in [-0.25, -0.2) is 27.2 Å². The van der Waals surface area contributed by atoms with E-state index in [9.17, 15) is 4.39 Å². The van der Waals surface area contributed by atoms with Gasteiger partial charge in [-0.1, -0.05) is 47.5 Å². The summed E-state index contributed by atoms with van der Waals surface area (Å²) in [7, 11) is 16.3. The first kappa shape index (κ1) is 54.0. The van der Waals surface area contributed by atoms with Gasteiger partial charge in [0.25, 0.3) is 0 Å². The number of hydrogen-bond acceptors (Lipinski definition) is 3. The van der Waals surface area contributed by atoms with Crippen LogP contribution in [-0.4, -0.2) is 61.6 Å². The zero-order chi connectivity index (χ0) is 47.8. The van der Waals surface area contributed by atoms with Gasteiger partial charge in [0.15, 0.2) is 60.6 Å². The van der Waals surface area contributed by atoms with E-state index in [1.54, 1.807) is 47.9 Å². The Hall–Kier alpha value is -5.30. The number of aromatic hydroxyl groups is 1. The highest BCUT2D eigenvalue weighted by Crippen LogP contribution is 2.25. The van der Waals surface area contributed by atoms with Crippen molar-refractivity contribution in [3.63, 3.8) is 0 Å². The number of aromatic nitrogens is 6. The molecule has 10 nitrogen and oxygen atoms in total. The molecule has 1 aliphatic rings. The lowest BCUT2D eigenvalue weighted by Gasteiger charge is -2.23. The summed E-state index contributed by atoms with van der Waals surface area (Å²) in [5.41, 5.74) is 5.40. The summed E-state index contributed by atoms with van der Waals surface area (Å²) in [6, 6.07) is 27.4. The van der Waals surface area contributed by atoms with Gasteiger partial charge in [0, 0.05) is 78.3 Å². The van der Waals surface area contributed by atoms with Gasteiger partial charge in [0.1, 0.15) is 51.8 Å². The molecule has 0 amide bonds. The smallest absolute Gasteiger partial charge is 0.210 e. The Morgan fingerprint density at radius 1 is 0.738 bits per heavy atom. The van der Waals surface area contributed by atoms with Gasteiger partial charge in [-0.3, -0.25) is 0 Å². The number of aromatic amines is 1.